The molecule has 0 aromatic heterocycles. The van der Waals surface area contributed by atoms with Crippen LogP contribution in [-0.4, -0.2) is 84.8 Å². The van der Waals surface area contributed by atoms with Crippen molar-refractivity contribution in [2.24, 2.45) is 5.92 Å². The summed E-state index contributed by atoms with van der Waals surface area (Å²) < 4.78 is 14.8. The third-order valence-electron chi connectivity index (χ3n) is 8.54. The second kappa shape index (κ2) is 13.0. The molecule has 9 nitrogen and oxygen atoms in total. The summed E-state index contributed by atoms with van der Waals surface area (Å²) in [5, 5.41) is 6.04. The van der Waals surface area contributed by atoms with Gasteiger partial charge < -0.3 is 20.4 Å². The van der Waals surface area contributed by atoms with E-state index in [0.717, 1.165) is 23.2 Å². The zero-order valence-corrected chi connectivity index (χ0v) is 24.4. The molecule has 3 aliphatic rings. The number of benzene rings is 2. The third kappa shape index (κ3) is 6.64. The molecule has 0 unspecified atom stereocenters. The quantitative estimate of drug-likeness (QED) is 0.584. The highest BCUT2D eigenvalue weighted by Crippen LogP contribution is 2.28. The normalized spacial score (nSPS) is 22.4. The number of rotatable bonds is 3. The predicted molar refractivity (Wildman–Crippen MR) is 157 cm³/mol. The minimum atomic E-state index is -0.711. The number of nitrogens with zero attached hydrogens (tertiary/aromatic N) is 3. The number of amides is 4. The largest absolute Gasteiger partial charge is 0.355 e. The number of fused-ring (bicyclic) bond motifs is 4. The Kier molecular flexibility index (Phi) is 9.21. The number of halogens is 1. The first-order valence-electron chi connectivity index (χ1n) is 15.0. The summed E-state index contributed by atoms with van der Waals surface area (Å²) >= 11 is 0. The molecule has 3 heterocycles. The number of nitrogens with one attached hydrogen (secondary N) is 2. The molecular weight excluding hydrogens is 537 g/mol. The van der Waals surface area contributed by atoms with Gasteiger partial charge in [-0.15, -0.1) is 0 Å². The smallest absolute Gasteiger partial charge is 0.257 e. The van der Waals surface area contributed by atoms with E-state index in [1.807, 2.05) is 38.1 Å². The molecular formula is C32H40FN5O4. The van der Waals surface area contributed by atoms with Crippen molar-refractivity contribution in [3.8, 4) is 0 Å². The molecule has 0 spiro atoms. The van der Waals surface area contributed by atoms with Crippen molar-refractivity contribution in [1.29, 1.82) is 0 Å². The van der Waals surface area contributed by atoms with Crippen molar-refractivity contribution in [3.05, 3.63) is 65.0 Å². The predicted octanol–water partition coefficient (Wildman–Crippen LogP) is 2.52. The van der Waals surface area contributed by atoms with Gasteiger partial charge in [-0.2, -0.15) is 0 Å². The van der Waals surface area contributed by atoms with E-state index < -0.39 is 17.8 Å². The van der Waals surface area contributed by atoms with Crippen LogP contribution in [-0.2, 0) is 27.2 Å². The molecule has 2 bridgehead atoms. The van der Waals surface area contributed by atoms with Gasteiger partial charge in [-0.3, -0.25) is 24.1 Å². The second-order valence-electron chi connectivity index (χ2n) is 11.9. The lowest BCUT2D eigenvalue weighted by Gasteiger charge is -2.32. The molecule has 10 heteroatoms. The molecule has 2 aromatic carbocycles. The maximum atomic E-state index is 14.8. The monoisotopic (exact) mass is 577 g/mol. The number of hydrogen-bond donors (Lipinski definition) is 2. The topological polar surface area (TPSA) is 102 Å². The average molecular weight is 578 g/mol. The van der Waals surface area contributed by atoms with E-state index in [1.54, 1.807) is 21.9 Å². The van der Waals surface area contributed by atoms with Crippen LogP contribution >= 0.6 is 0 Å². The fraction of sp³-hybridized carbons (Fsp3) is 0.500. The number of carbonyl (C=O) groups excluding carboxylic acids is 4. The molecule has 4 amide bonds. The van der Waals surface area contributed by atoms with Gasteiger partial charge in [0.25, 0.3) is 5.91 Å². The molecule has 224 valence electrons. The summed E-state index contributed by atoms with van der Waals surface area (Å²) in [7, 11) is 0. The van der Waals surface area contributed by atoms with Crippen LogP contribution in [0.3, 0.4) is 0 Å². The molecule has 1 fully saturated rings. The first-order valence-corrected chi connectivity index (χ1v) is 15.0. The van der Waals surface area contributed by atoms with E-state index >= 15 is 0 Å². The van der Waals surface area contributed by atoms with Crippen LogP contribution in [0.15, 0.2) is 42.5 Å². The third-order valence-corrected chi connectivity index (χ3v) is 8.54. The van der Waals surface area contributed by atoms with Gasteiger partial charge in [0.05, 0.1) is 18.7 Å². The SMILES string of the molecule is CC(C)[C@@H]1CN(CC(=O)N2CCc3ccccc32)CC(=O)NCCCc2ccc(F)c(c2)C(=O)N2CCC[C@H]2C(=O)N1. The molecule has 2 N–H and O–H groups in total. The molecule has 42 heavy (non-hydrogen) atoms. The van der Waals surface area contributed by atoms with Crippen molar-refractivity contribution in [2.75, 3.05) is 44.2 Å². The van der Waals surface area contributed by atoms with E-state index in [2.05, 4.69) is 10.6 Å². The van der Waals surface area contributed by atoms with Gasteiger partial charge in [0.15, 0.2) is 0 Å². The van der Waals surface area contributed by atoms with Gasteiger partial charge >= 0.3 is 0 Å². The minimum absolute atomic E-state index is 0.00898. The van der Waals surface area contributed by atoms with Gasteiger partial charge in [-0.25, -0.2) is 4.39 Å². The highest BCUT2D eigenvalue weighted by Gasteiger charge is 2.37. The fourth-order valence-corrected chi connectivity index (χ4v) is 6.15. The van der Waals surface area contributed by atoms with E-state index in [-0.39, 0.29) is 54.9 Å². The Hall–Kier alpha value is -3.79. The van der Waals surface area contributed by atoms with Crippen LogP contribution < -0.4 is 15.5 Å². The lowest BCUT2D eigenvalue weighted by atomic mass is 10.0. The van der Waals surface area contributed by atoms with Crippen LogP contribution in [0.5, 0.6) is 0 Å². The molecule has 1 saturated heterocycles. The first kappa shape index (κ1) is 29.7. The Balaban J connectivity index is 1.38. The molecule has 3 aliphatic heterocycles. The maximum Gasteiger partial charge on any atom is 0.257 e. The zero-order chi connectivity index (χ0) is 29.8. The van der Waals surface area contributed by atoms with E-state index in [9.17, 15) is 23.6 Å². The highest BCUT2D eigenvalue weighted by molar-refractivity contribution is 5.98. The van der Waals surface area contributed by atoms with E-state index in [0.29, 0.717) is 45.3 Å². The number of carbonyl (C=O) groups is 4. The second-order valence-corrected chi connectivity index (χ2v) is 11.9. The summed E-state index contributed by atoms with van der Waals surface area (Å²) in [6.45, 7) is 5.65. The van der Waals surface area contributed by atoms with Crippen molar-refractivity contribution in [3.63, 3.8) is 0 Å². The molecule has 2 atom stereocenters. The van der Waals surface area contributed by atoms with Crippen molar-refractivity contribution in [1.82, 2.24) is 20.4 Å². The van der Waals surface area contributed by atoms with Crippen LogP contribution in [0.4, 0.5) is 10.1 Å². The van der Waals surface area contributed by atoms with Crippen molar-refractivity contribution >= 4 is 29.3 Å². The first-order chi connectivity index (χ1) is 20.2. The molecule has 5 rings (SSSR count). The summed E-state index contributed by atoms with van der Waals surface area (Å²) in [5.41, 5.74) is 2.78. The van der Waals surface area contributed by atoms with Gasteiger partial charge in [0.2, 0.25) is 17.7 Å². The number of anilines is 1. The summed E-state index contributed by atoms with van der Waals surface area (Å²) in [6, 6.07) is 11.3. The summed E-state index contributed by atoms with van der Waals surface area (Å²) in [6.07, 6.45) is 3.08. The lowest BCUT2D eigenvalue weighted by Crippen LogP contribution is -2.55. The Morgan fingerprint density at radius 1 is 1.05 bits per heavy atom. The van der Waals surface area contributed by atoms with Crippen LogP contribution in [0, 0.1) is 11.7 Å². The lowest BCUT2D eigenvalue weighted by molar-refractivity contribution is -0.126. The summed E-state index contributed by atoms with van der Waals surface area (Å²) in [4.78, 5) is 58.6. The Bertz CT molecular complexity index is 1350. The molecule has 0 radical (unpaired) electrons. The van der Waals surface area contributed by atoms with Crippen LogP contribution in [0.25, 0.3) is 0 Å². The zero-order valence-electron chi connectivity index (χ0n) is 24.4. The van der Waals surface area contributed by atoms with Gasteiger partial charge in [0, 0.05) is 37.9 Å². The van der Waals surface area contributed by atoms with E-state index in [4.69, 9.17) is 0 Å². The Morgan fingerprint density at radius 2 is 1.86 bits per heavy atom. The number of para-hydroxylation sites is 1. The molecule has 0 saturated carbocycles. The molecule has 2 aromatic rings. The van der Waals surface area contributed by atoms with Gasteiger partial charge in [0.1, 0.15) is 11.9 Å². The van der Waals surface area contributed by atoms with Crippen molar-refractivity contribution < 1.29 is 23.6 Å². The van der Waals surface area contributed by atoms with Crippen LogP contribution in [0.2, 0.25) is 0 Å². The average Bonchev–Trinajstić information content (AvgIpc) is 3.63. The van der Waals surface area contributed by atoms with Gasteiger partial charge in [-0.1, -0.05) is 38.1 Å². The standard InChI is InChI=1S/C32H40FN5O4/c1-21(2)26-18-36(20-30(40)37-16-13-23-8-3-4-9-27(23)37)19-29(39)34-14-5-7-22-11-12-25(33)24(17-22)32(42)38-15-6-10-28(38)31(41)35-26/h3-4,8-9,11-12,17,21,26,28H,5-7,10,13-16,18-20H2,1-2H3,(H,34,39)(H,35,41)/t26-,28-/m0/s1. The van der Waals surface area contributed by atoms with E-state index in [1.165, 1.54) is 11.0 Å². The Labute approximate surface area is 246 Å². The van der Waals surface area contributed by atoms with Gasteiger partial charge in [-0.05, 0) is 67.3 Å². The summed E-state index contributed by atoms with van der Waals surface area (Å²) in [5.74, 6) is -1.71. The van der Waals surface area contributed by atoms with Crippen molar-refractivity contribution in [2.45, 2.75) is 58.0 Å². The maximum absolute atomic E-state index is 14.8. The molecule has 0 aliphatic carbocycles. The van der Waals surface area contributed by atoms with Crippen LogP contribution in [0.1, 0.15) is 54.6 Å². The highest BCUT2D eigenvalue weighted by atomic mass is 19.1. The minimum Gasteiger partial charge on any atom is -0.355 e. The number of hydrogen-bond acceptors (Lipinski definition) is 5. The fourth-order valence-electron chi connectivity index (χ4n) is 6.15. The number of aryl methyl sites for hydroxylation is 1. The Morgan fingerprint density at radius 3 is 2.67 bits per heavy atom.